The fourth-order valence-corrected chi connectivity index (χ4v) is 3.37. The van der Waals surface area contributed by atoms with E-state index in [4.69, 9.17) is 4.42 Å². The second kappa shape index (κ2) is 5.51. The molecule has 5 nitrogen and oxygen atoms in total. The van der Waals surface area contributed by atoms with Gasteiger partial charge < -0.3 is 9.32 Å². The largest absolute Gasteiger partial charge is 0.465 e. The topological polar surface area (TPSA) is 50.7 Å². The van der Waals surface area contributed by atoms with E-state index in [1.165, 1.54) is 23.5 Å². The highest BCUT2D eigenvalue weighted by Gasteiger charge is 2.16. The average molecular weight is 329 g/mol. The van der Waals surface area contributed by atoms with Gasteiger partial charge in [0, 0.05) is 11.8 Å². The Morgan fingerprint density at radius 2 is 2.09 bits per heavy atom. The van der Waals surface area contributed by atoms with Crippen LogP contribution in [0.15, 0.2) is 56.9 Å². The Kier molecular flexibility index (Phi) is 3.34. The van der Waals surface area contributed by atoms with Gasteiger partial charge in [0.05, 0.1) is 10.8 Å². The van der Waals surface area contributed by atoms with Crippen molar-refractivity contribution in [3.05, 3.63) is 73.9 Å². The maximum atomic E-state index is 13.0. The molecule has 0 aliphatic carbocycles. The molecule has 116 valence electrons. The predicted octanol–water partition coefficient (Wildman–Crippen LogP) is 1.53. The van der Waals surface area contributed by atoms with Crippen LogP contribution < -0.4 is 19.8 Å². The van der Waals surface area contributed by atoms with E-state index < -0.39 is 0 Å². The van der Waals surface area contributed by atoms with E-state index in [1.54, 1.807) is 41.2 Å². The SMILES string of the molecule is O=c1c(=Cc2ccco2)sc2n1CN(c1ccc(F)cc1)CN=2. The lowest BCUT2D eigenvalue weighted by Gasteiger charge is -2.25. The molecule has 1 aromatic carbocycles. The molecule has 0 saturated carbocycles. The van der Waals surface area contributed by atoms with Gasteiger partial charge in [-0.05, 0) is 36.4 Å². The maximum Gasteiger partial charge on any atom is 0.271 e. The van der Waals surface area contributed by atoms with E-state index in [0.717, 1.165) is 5.69 Å². The van der Waals surface area contributed by atoms with Crippen molar-refractivity contribution in [1.82, 2.24) is 4.57 Å². The molecular formula is C16H12FN3O2S. The summed E-state index contributed by atoms with van der Waals surface area (Å²) in [4.78, 5) is 19.6. The first kappa shape index (κ1) is 14.0. The fraction of sp³-hybridized carbons (Fsp3) is 0.125. The van der Waals surface area contributed by atoms with E-state index in [0.29, 0.717) is 28.4 Å². The van der Waals surface area contributed by atoms with Crippen molar-refractivity contribution < 1.29 is 8.81 Å². The minimum atomic E-state index is -0.286. The van der Waals surface area contributed by atoms with Gasteiger partial charge in [-0.1, -0.05) is 11.3 Å². The van der Waals surface area contributed by atoms with Gasteiger partial charge in [-0.3, -0.25) is 9.36 Å². The zero-order valence-corrected chi connectivity index (χ0v) is 12.8. The monoisotopic (exact) mass is 329 g/mol. The van der Waals surface area contributed by atoms with Crippen molar-refractivity contribution in [2.45, 2.75) is 6.67 Å². The standard InChI is InChI=1S/C16H12FN3O2S/c17-11-3-5-12(6-4-11)19-9-18-16-20(10-19)15(21)14(23-16)8-13-2-1-7-22-13/h1-8H,9-10H2. The molecule has 3 heterocycles. The molecule has 3 aromatic rings. The first-order valence-corrected chi connectivity index (χ1v) is 7.82. The Labute approximate surface area is 134 Å². The molecule has 0 bridgehead atoms. The lowest BCUT2D eigenvalue weighted by molar-refractivity contribution is 0.556. The first-order valence-electron chi connectivity index (χ1n) is 7.00. The molecule has 0 unspecified atom stereocenters. The Morgan fingerprint density at radius 3 is 2.83 bits per heavy atom. The molecule has 0 radical (unpaired) electrons. The molecule has 0 fully saturated rings. The summed E-state index contributed by atoms with van der Waals surface area (Å²) < 4.78 is 20.5. The smallest absolute Gasteiger partial charge is 0.271 e. The van der Waals surface area contributed by atoms with Crippen molar-refractivity contribution in [3.63, 3.8) is 0 Å². The molecule has 0 amide bonds. The van der Waals surface area contributed by atoms with Crippen molar-refractivity contribution >= 4 is 23.1 Å². The third kappa shape index (κ3) is 2.59. The molecule has 7 heteroatoms. The number of fused-ring (bicyclic) bond motifs is 1. The van der Waals surface area contributed by atoms with Crippen molar-refractivity contribution in [2.75, 3.05) is 11.6 Å². The first-order chi connectivity index (χ1) is 11.2. The van der Waals surface area contributed by atoms with E-state index in [2.05, 4.69) is 4.99 Å². The van der Waals surface area contributed by atoms with Crippen LogP contribution in [0.1, 0.15) is 5.76 Å². The number of nitrogens with zero attached hydrogens (tertiary/aromatic N) is 3. The molecular weight excluding hydrogens is 317 g/mol. The summed E-state index contributed by atoms with van der Waals surface area (Å²) in [5.74, 6) is 0.350. The van der Waals surface area contributed by atoms with Gasteiger partial charge in [0.1, 0.15) is 24.9 Å². The van der Waals surface area contributed by atoms with Crippen LogP contribution in [-0.4, -0.2) is 11.2 Å². The van der Waals surface area contributed by atoms with Crippen LogP contribution in [0, 0.1) is 5.82 Å². The number of anilines is 1. The summed E-state index contributed by atoms with van der Waals surface area (Å²) >= 11 is 1.34. The molecule has 1 aliphatic heterocycles. The van der Waals surface area contributed by atoms with Crippen molar-refractivity contribution in [2.24, 2.45) is 4.99 Å². The van der Waals surface area contributed by atoms with Crippen LogP contribution in [0.2, 0.25) is 0 Å². The zero-order valence-electron chi connectivity index (χ0n) is 12.0. The number of hydrogen-bond donors (Lipinski definition) is 0. The summed E-state index contributed by atoms with van der Waals surface area (Å²) in [5, 5.41) is 0. The van der Waals surface area contributed by atoms with Gasteiger partial charge in [0.15, 0.2) is 4.80 Å². The van der Waals surface area contributed by atoms with Crippen LogP contribution in [0.3, 0.4) is 0 Å². The molecule has 0 saturated heterocycles. The second-order valence-corrected chi connectivity index (χ2v) is 6.11. The average Bonchev–Trinajstić information content (AvgIpc) is 3.17. The summed E-state index contributed by atoms with van der Waals surface area (Å²) in [6.45, 7) is 0.831. The molecule has 4 rings (SSSR count). The number of aromatic nitrogens is 1. The van der Waals surface area contributed by atoms with Gasteiger partial charge in [0.2, 0.25) is 0 Å². The number of hydrogen-bond acceptors (Lipinski definition) is 5. The van der Waals surface area contributed by atoms with Gasteiger partial charge in [-0.2, -0.15) is 0 Å². The molecule has 23 heavy (non-hydrogen) atoms. The van der Waals surface area contributed by atoms with Gasteiger partial charge in [-0.25, -0.2) is 9.38 Å². The highest BCUT2D eigenvalue weighted by molar-refractivity contribution is 7.07. The fourth-order valence-electron chi connectivity index (χ4n) is 2.43. The van der Waals surface area contributed by atoms with Gasteiger partial charge >= 0.3 is 0 Å². The molecule has 2 aromatic heterocycles. The summed E-state index contributed by atoms with van der Waals surface area (Å²) in [6, 6.07) is 9.74. The minimum absolute atomic E-state index is 0.100. The normalized spacial score (nSPS) is 14.7. The van der Waals surface area contributed by atoms with Crippen LogP contribution in [0.5, 0.6) is 0 Å². The van der Waals surface area contributed by atoms with E-state index in [9.17, 15) is 9.18 Å². The summed E-state index contributed by atoms with van der Waals surface area (Å²) in [6.07, 6.45) is 3.29. The number of thiazole rings is 1. The van der Waals surface area contributed by atoms with Crippen LogP contribution in [0.4, 0.5) is 10.1 Å². The lowest BCUT2D eigenvalue weighted by Crippen LogP contribution is -2.42. The number of benzene rings is 1. The Morgan fingerprint density at radius 1 is 1.26 bits per heavy atom. The Balaban J connectivity index is 1.72. The van der Waals surface area contributed by atoms with Gasteiger partial charge in [-0.15, -0.1) is 0 Å². The Hall–Kier alpha value is -2.67. The maximum absolute atomic E-state index is 13.0. The van der Waals surface area contributed by atoms with E-state index >= 15 is 0 Å². The van der Waals surface area contributed by atoms with Gasteiger partial charge in [0.25, 0.3) is 5.56 Å². The van der Waals surface area contributed by atoms with Crippen LogP contribution in [-0.2, 0) is 6.67 Å². The highest BCUT2D eigenvalue weighted by atomic mass is 32.1. The number of halogens is 1. The molecule has 0 N–H and O–H groups in total. The zero-order chi connectivity index (χ0) is 15.8. The Bertz CT molecular complexity index is 1000. The highest BCUT2D eigenvalue weighted by Crippen LogP contribution is 2.16. The third-order valence-corrected chi connectivity index (χ3v) is 4.63. The third-order valence-electron chi connectivity index (χ3n) is 3.59. The quantitative estimate of drug-likeness (QED) is 0.716. The van der Waals surface area contributed by atoms with Crippen molar-refractivity contribution in [3.8, 4) is 0 Å². The summed E-state index contributed by atoms with van der Waals surface area (Å²) in [5.41, 5.74) is 0.729. The molecule has 0 atom stereocenters. The minimum Gasteiger partial charge on any atom is -0.465 e. The number of rotatable bonds is 2. The van der Waals surface area contributed by atoms with E-state index in [1.807, 2.05) is 4.90 Å². The molecule has 0 spiro atoms. The molecule has 1 aliphatic rings. The van der Waals surface area contributed by atoms with Crippen molar-refractivity contribution in [1.29, 1.82) is 0 Å². The van der Waals surface area contributed by atoms with Crippen LogP contribution in [0.25, 0.3) is 6.08 Å². The van der Waals surface area contributed by atoms with E-state index in [-0.39, 0.29) is 11.4 Å². The summed E-state index contributed by atoms with van der Waals surface area (Å²) in [7, 11) is 0. The van der Waals surface area contributed by atoms with Crippen LogP contribution >= 0.6 is 11.3 Å². The lowest BCUT2D eigenvalue weighted by atomic mass is 10.3. The second-order valence-electron chi connectivity index (χ2n) is 5.10. The predicted molar refractivity (Wildman–Crippen MR) is 85.4 cm³/mol. The number of furan rings is 1.